The minimum absolute atomic E-state index is 0.0744. The van der Waals surface area contributed by atoms with E-state index in [2.05, 4.69) is 20.2 Å². The smallest absolute Gasteiger partial charge is 0.456 e. The number of nitrogen functional groups attached to an aromatic ring is 1. The van der Waals surface area contributed by atoms with Gasteiger partial charge in [0, 0.05) is 0 Å². The third-order valence-corrected chi connectivity index (χ3v) is 8.30. The lowest BCUT2D eigenvalue weighted by Gasteiger charge is -2.29. The maximum absolute atomic E-state index is 16.7. The maximum atomic E-state index is 16.7. The van der Waals surface area contributed by atoms with Gasteiger partial charge in [0.1, 0.15) is 24.3 Å². The summed E-state index contributed by atoms with van der Waals surface area (Å²) in [6.07, 6.45) is -3.24. The Kier molecular flexibility index (Phi) is 10.0. The van der Waals surface area contributed by atoms with Crippen molar-refractivity contribution in [2.45, 2.75) is 84.0 Å². The van der Waals surface area contributed by atoms with Gasteiger partial charge in [-0.25, -0.2) is 28.5 Å². The molecular formula is C27H38FN6O8P. The van der Waals surface area contributed by atoms with Crippen LogP contribution in [0.4, 0.5) is 10.2 Å². The van der Waals surface area contributed by atoms with Crippen LogP contribution >= 0.6 is 7.75 Å². The molecular weight excluding hydrogens is 586 g/mol. The van der Waals surface area contributed by atoms with Gasteiger partial charge in [0.2, 0.25) is 0 Å². The van der Waals surface area contributed by atoms with E-state index in [9.17, 15) is 14.5 Å². The second-order valence-corrected chi connectivity index (χ2v) is 12.7. The molecule has 0 amide bonds. The summed E-state index contributed by atoms with van der Waals surface area (Å²) in [4.78, 5) is 20.7. The van der Waals surface area contributed by atoms with E-state index in [0.717, 1.165) is 0 Å². The largest absolute Gasteiger partial charge is 0.459 e. The first kappa shape index (κ1) is 32.7. The van der Waals surface area contributed by atoms with E-state index in [0.29, 0.717) is 0 Å². The molecule has 43 heavy (non-hydrogen) atoms. The molecule has 0 radical (unpaired) electrons. The molecule has 7 atom stereocenters. The Morgan fingerprint density at radius 1 is 1.23 bits per heavy atom. The van der Waals surface area contributed by atoms with Gasteiger partial charge in [-0.15, -0.1) is 0 Å². The van der Waals surface area contributed by atoms with E-state index < -0.39 is 62.6 Å². The fourth-order valence-electron chi connectivity index (χ4n) is 4.45. The SMILES string of the molecule is CC(C)OC(O)C(C)NP(=O)(OCC1OC(c2cnc3c(N)ncnn23)C(C)(F)C1OC(=O)C(C)C)Oc1ccccc1. The number of hydrogen-bond acceptors (Lipinski definition) is 12. The van der Waals surface area contributed by atoms with E-state index in [4.69, 9.17) is 29.0 Å². The Labute approximate surface area is 248 Å². The number of esters is 1. The van der Waals surface area contributed by atoms with Gasteiger partial charge in [0.15, 0.2) is 29.5 Å². The highest BCUT2D eigenvalue weighted by atomic mass is 31.2. The molecule has 4 N–H and O–H groups in total. The number of ether oxygens (including phenoxy) is 3. The highest BCUT2D eigenvalue weighted by Gasteiger charge is 2.59. The van der Waals surface area contributed by atoms with Crippen LogP contribution in [0.3, 0.4) is 0 Å². The van der Waals surface area contributed by atoms with Gasteiger partial charge in [-0.2, -0.15) is 5.10 Å². The number of benzene rings is 1. The third kappa shape index (κ3) is 7.48. The van der Waals surface area contributed by atoms with Crippen LogP contribution in [0.2, 0.25) is 0 Å². The molecule has 4 rings (SSSR count). The number of alkyl halides is 1. The van der Waals surface area contributed by atoms with Crippen molar-refractivity contribution in [1.82, 2.24) is 24.7 Å². The van der Waals surface area contributed by atoms with Crippen molar-refractivity contribution in [3.05, 3.63) is 48.5 Å². The van der Waals surface area contributed by atoms with Crippen molar-refractivity contribution in [3.63, 3.8) is 0 Å². The monoisotopic (exact) mass is 624 g/mol. The number of aliphatic hydroxyl groups excluding tert-OH is 1. The first-order valence-electron chi connectivity index (χ1n) is 13.8. The third-order valence-electron chi connectivity index (χ3n) is 6.64. The summed E-state index contributed by atoms with van der Waals surface area (Å²) in [6.45, 7) is 8.90. The summed E-state index contributed by atoms with van der Waals surface area (Å²) >= 11 is 0. The van der Waals surface area contributed by atoms with E-state index in [1.54, 1.807) is 58.0 Å². The van der Waals surface area contributed by atoms with Gasteiger partial charge in [0.25, 0.3) is 0 Å². The average molecular weight is 625 g/mol. The molecule has 1 saturated heterocycles. The van der Waals surface area contributed by atoms with Crippen LogP contribution in [0.25, 0.3) is 5.65 Å². The second-order valence-electron chi connectivity index (χ2n) is 11.0. The summed E-state index contributed by atoms with van der Waals surface area (Å²) in [7, 11) is -4.28. The van der Waals surface area contributed by atoms with Crippen LogP contribution in [0, 0.1) is 5.92 Å². The van der Waals surface area contributed by atoms with Crippen molar-refractivity contribution in [2.24, 2.45) is 5.92 Å². The zero-order valence-electron chi connectivity index (χ0n) is 24.8. The molecule has 0 spiro atoms. The number of nitrogens with one attached hydrogen (secondary N) is 1. The Morgan fingerprint density at radius 3 is 2.58 bits per heavy atom. The van der Waals surface area contributed by atoms with Crippen LogP contribution in [0.1, 0.15) is 53.3 Å². The number of aliphatic hydroxyl groups is 1. The quantitative estimate of drug-likeness (QED) is 0.143. The summed E-state index contributed by atoms with van der Waals surface area (Å²) in [5, 5.41) is 17.2. The molecule has 0 bridgehead atoms. The summed E-state index contributed by atoms with van der Waals surface area (Å²) in [5.74, 6) is -0.962. The predicted molar refractivity (Wildman–Crippen MR) is 152 cm³/mol. The van der Waals surface area contributed by atoms with E-state index in [-0.39, 0.29) is 29.0 Å². The minimum Gasteiger partial charge on any atom is -0.456 e. The van der Waals surface area contributed by atoms with Crippen molar-refractivity contribution >= 4 is 25.2 Å². The number of halogens is 1. The zero-order chi connectivity index (χ0) is 31.5. The van der Waals surface area contributed by atoms with Crippen LogP contribution in [-0.4, -0.2) is 73.6 Å². The molecule has 7 unspecified atom stereocenters. The molecule has 1 aliphatic heterocycles. The van der Waals surface area contributed by atoms with Gasteiger partial charge in [-0.1, -0.05) is 32.0 Å². The Morgan fingerprint density at radius 2 is 1.93 bits per heavy atom. The van der Waals surface area contributed by atoms with Gasteiger partial charge >= 0.3 is 13.7 Å². The number of para-hydroxylation sites is 1. The lowest BCUT2D eigenvalue weighted by atomic mass is 9.93. The molecule has 3 heterocycles. The number of fused-ring (bicyclic) bond motifs is 1. The maximum Gasteiger partial charge on any atom is 0.459 e. The highest BCUT2D eigenvalue weighted by molar-refractivity contribution is 7.52. The number of carbonyl (C=O) groups excluding carboxylic acids is 1. The Bertz CT molecular complexity index is 1440. The van der Waals surface area contributed by atoms with Crippen LogP contribution in [0.5, 0.6) is 5.75 Å². The molecule has 1 aliphatic rings. The number of anilines is 1. The van der Waals surface area contributed by atoms with Crippen LogP contribution in [-0.2, 0) is 28.1 Å². The number of nitrogens with two attached hydrogens (primary N) is 1. The number of imidazole rings is 1. The van der Waals surface area contributed by atoms with Gasteiger partial charge in [0.05, 0.1) is 36.6 Å². The van der Waals surface area contributed by atoms with Gasteiger partial charge in [-0.3, -0.25) is 9.32 Å². The lowest BCUT2D eigenvalue weighted by Crippen LogP contribution is -2.44. The fraction of sp³-hybridized carbons (Fsp3) is 0.556. The second kappa shape index (κ2) is 13.2. The van der Waals surface area contributed by atoms with Crippen molar-refractivity contribution in [2.75, 3.05) is 12.3 Å². The highest BCUT2D eigenvalue weighted by Crippen LogP contribution is 2.50. The molecule has 1 fully saturated rings. The first-order valence-corrected chi connectivity index (χ1v) is 15.4. The van der Waals surface area contributed by atoms with Crippen molar-refractivity contribution < 1.29 is 42.1 Å². The molecule has 2 aromatic heterocycles. The first-order chi connectivity index (χ1) is 20.2. The Hall–Kier alpha value is -3.20. The number of hydrogen-bond donors (Lipinski definition) is 3. The van der Waals surface area contributed by atoms with Crippen LogP contribution in [0.15, 0.2) is 42.9 Å². The van der Waals surface area contributed by atoms with Crippen LogP contribution < -0.4 is 15.3 Å². The number of carbonyl (C=O) groups is 1. The van der Waals surface area contributed by atoms with E-state index in [1.165, 1.54) is 30.9 Å². The topological polar surface area (TPSA) is 182 Å². The number of nitrogens with zero attached hydrogens (tertiary/aromatic N) is 4. The molecule has 3 aromatic rings. The van der Waals surface area contributed by atoms with Gasteiger partial charge < -0.3 is 29.6 Å². The summed E-state index contributed by atoms with van der Waals surface area (Å²) < 4.78 is 60.6. The average Bonchev–Trinajstić information content (AvgIpc) is 3.46. The van der Waals surface area contributed by atoms with Crippen molar-refractivity contribution in [1.29, 1.82) is 0 Å². The van der Waals surface area contributed by atoms with Crippen molar-refractivity contribution in [3.8, 4) is 5.75 Å². The fourth-order valence-corrected chi connectivity index (χ4v) is 6.00. The number of aromatic nitrogens is 4. The molecule has 1 aromatic carbocycles. The molecule has 16 heteroatoms. The van der Waals surface area contributed by atoms with E-state index in [1.807, 2.05) is 0 Å². The standard InChI is InChI=1S/C27H38FN6O8P/c1-15(2)25(35)41-22-20(40-21(27(22,6)28)19-12-30-24-23(29)31-14-32-34(19)24)13-38-43(37,42-18-10-8-7-9-11-18)33-17(5)26(36)39-16(3)4/h7-12,14-17,20-22,26,36H,13H2,1-6H3,(H,33,37)(H2,29,31,32). The normalized spacial score (nSPS) is 25.1. The molecule has 0 aliphatic carbocycles. The molecule has 236 valence electrons. The summed E-state index contributed by atoms with van der Waals surface area (Å²) in [5.41, 5.74) is 3.96. The zero-order valence-corrected chi connectivity index (χ0v) is 25.7. The summed E-state index contributed by atoms with van der Waals surface area (Å²) in [6, 6.07) is 7.30. The van der Waals surface area contributed by atoms with Gasteiger partial charge in [-0.05, 0) is 39.8 Å². The number of rotatable bonds is 13. The minimum atomic E-state index is -4.28. The molecule has 0 saturated carbocycles. The molecule has 14 nitrogen and oxygen atoms in total. The predicted octanol–water partition coefficient (Wildman–Crippen LogP) is 3.37. The van der Waals surface area contributed by atoms with E-state index >= 15 is 4.39 Å². The lowest BCUT2D eigenvalue weighted by molar-refractivity contribution is -0.162. The Balaban J connectivity index is 1.64.